The number of Topliss-reactive ketones (excluding diaryl/α,β-unsaturated/α-hetero) is 1. The number of rotatable bonds is 12. The minimum absolute atomic E-state index is 0.0371. The number of ether oxygens (including phenoxy) is 1. The zero-order chi connectivity index (χ0) is 38.6. The lowest BCUT2D eigenvalue weighted by Gasteiger charge is -2.29. The number of carbonyl (C=O) groups excluding carboxylic acids is 4. The summed E-state index contributed by atoms with van der Waals surface area (Å²) >= 11 is 6.35. The van der Waals surface area contributed by atoms with Gasteiger partial charge in [0, 0.05) is 42.1 Å². The summed E-state index contributed by atoms with van der Waals surface area (Å²) in [6.45, 7) is 7.94. The van der Waals surface area contributed by atoms with Crippen LogP contribution in [-0.4, -0.2) is 46.9 Å². The molecule has 0 radical (unpaired) electrons. The zero-order valence-electron chi connectivity index (χ0n) is 31.3. The maximum atomic E-state index is 13.9. The number of nitrogens with one attached hydrogen (secondary N) is 4. The number of aromatic amines is 1. The Morgan fingerprint density at radius 1 is 0.963 bits per heavy atom. The molecular weight excluding hydrogens is 708 g/mol. The highest BCUT2D eigenvalue weighted by atomic mass is 35.5. The summed E-state index contributed by atoms with van der Waals surface area (Å²) in [4.78, 5) is 66.9. The molecule has 4 N–H and O–H groups in total. The maximum Gasteiger partial charge on any atom is 0.417 e. The van der Waals surface area contributed by atoms with Crippen molar-refractivity contribution >= 4 is 52.1 Å². The SMILES string of the molecule is Cc1cc(C(=O)NC2CCC2)ccc1-c1ccc(C[C@H](CC(=O)C2CCC(CNC(=O)OC(C)(C)C)CC2)C(=O)Nc2cc(Cl)c3oc(=O)[nH]c3c2)cc1. The Bertz CT molecular complexity index is 2070. The van der Waals surface area contributed by atoms with Gasteiger partial charge in [0.1, 0.15) is 11.4 Å². The molecule has 4 aromatic rings. The summed E-state index contributed by atoms with van der Waals surface area (Å²) in [5.74, 6) is -1.61. The van der Waals surface area contributed by atoms with Gasteiger partial charge in [-0.05, 0) is 131 Å². The van der Waals surface area contributed by atoms with Crippen LogP contribution in [0.15, 0.2) is 63.8 Å². The smallest absolute Gasteiger partial charge is 0.417 e. The highest BCUT2D eigenvalue weighted by Crippen LogP contribution is 2.33. The minimum atomic E-state index is -0.678. The van der Waals surface area contributed by atoms with Crippen LogP contribution in [0, 0.1) is 24.7 Å². The van der Waals surface area contributed by atoms with Crippen molar-refractivity contribution in [2.24, 2.45) is 17.8 Å². The quantitative estimate of drug-likeness (QED) is 0.114. The van der Waals surface area contributed by atoms with Crippen LogP contribution in [0.5, 0.6) is 0 Å². The highest BCUT2D eigenvalue weighted by molar-refractivity contribution is 6.35. The van der Waals surface area contributed by atoms with E-state index in [0.29, 0.717) is 42.6 Å². The van der Waals surface area contributed by atoms with E-state index in [1.54, 1.807) is 6.07 Å². The van der Waals surface area contributed by atoms with E-state index in [1.807, 2.05) is 70.2 Å². The van der Waals surface area contributed by atoms with Crippen LogP contribution in [0.3, 0.4) is 0 Å². The van der Waals surface area contributed by atoms with Crippen molar-refractivity contribution in [3.8, 4) is 11.1 Å². The average molecular weight is 757 g/mol. The molecule has 6 rings (SSSR count). The Hall–Kier alpha value is -4.90. The first-order valence-corrected chi connectivity index (χ1v) is 19.2. The molecule has 1 aromatic heterocycles. The largest absolute Gasteiger partial charge is 0.444 e. The van der Waals surface area contributed by atoms with E-state index in [-0.39, 0.29) is 52.5 Å². The predicted molar refractivity (Wildman–Crippen MR) is 209 cm³/mol. The van der Waals surface area contributed by atoms with Gasteiger partial charge in [-0.3, -0.25) is 19.4 Å². The molecule has 0 bridgehead atoms. The number of H-pyrrole nitrogens is 1. The Labute approximate surface area is 319 Å². The van der Waals surface area contributed by atoms with Crippen LogP contribution in [0.25, 0.3) is 22.2 Å². The van der Waals surface area contributed by atoms with Gasteiger partial charge in [-0.15, -0.1) is 0 Å². The summed E-state index contributed by atoms with van der Waals surface area (Å²) in [6.07, 6.45) is 6.09. The van der Waals surface area contributed by atoms with Gasteiger partial charge in [0.2, 0.25) is 5.91 Å². The molecule has 0 aliphatic heterocycles. The molecule has 2 saturated carbocycles. The first kappa shape index (κ1) is 38.8. The van der Waals surface area contributed by atoms with Crippen molar-refractivity contribution in [1.29, 1.82) is 0 Å². The second kappa shape index (κ2) is 16.6. The summed E-state index contributed by atoms with van der Waals surface area (Å²) in [5.41, 5.74) is 4.86. The monoisotopic (exact) mass is 756 g/mol. The molecule has 0 saturated heterocycles. The molecule has 0 unspecified atom stereocenters. The second-order valence-corrected chi connectivity index (χ2v) is 16.2. The van der Waals surface area contributed by atoms with Crippen LogP contribution in [0.1, 0.15) is 93.6 Å². The van der Waals surface area contributed by atoms with E-state index >= 15 is 0 Å². The van der Waals surface area contributed by atoms with E-state index in [2.05, 4.69) is 20.9 Å². The Morgan fingerprint density at radius 3 is 2.33 bits per heavy atom. The standard InChI is InChI=1S/C42H49ClN4O7/c1-24-18-29(38(49)45-31-6-5-7-31)16-17-33(24)27-12-8-25(9-13-27)19-30(39(50)46-32-21-34(43)37-35(22-32)47-41(52)53-37)20-36(48)28-14-10-26(11-15-28)23-44-40(51)54-42(2,3)4/h8-9,12-13,16-18,21-22,26,28,30-31H,5-7,10-11,14-15,19-20,23H2,1-4H3,(H,44,51)(H,45,49)(H,46,50)(H,47,52)/t26?,28?,30-/m1/s1. The van der Waals surface area contributed by atoms with E-state index in [1.165, 1.54) is 6.07 Å². The number of hydrogen-bond donors (Lipinski definition) is 4. The van der Waals surface area contributed by atoms with Gasteiger partial charge < -0.3 is 25.1 Å². The Morgan fingerprint density at radius 2 is 1.69 bits per heavy atom. The van der Waals surface area contributed by atoms with Gasteiger partial charge in [-0.2, -0.15) is 0 Å². The van der Waals surface area contributed by atoms with Crippen LogP contribution in [0.4, 0.5) is 10.5 Å². The summed E-state index contributed by atoms with van der Waals surface area (Å²) in [5, 5.41) is 9.03. The van der Waals surface area contributed by atoms with Crippen molar-refractivity contribution in [3.05, 3.63) is 86.9 Å². The lowest BCUT2D eigenvalue weighted by atomic mass is 9.77. The molecule has 12 heteroatoms. The number of alkyl carbamates (subject to hydrolysis) is 1. The van der Waals surface area contributed by atoms with E-state index in [9.17, 15) is 24.0 Å². The number of benzene rings is 3. The molecule has 3 aromatic carbocycles. The number of halogens is 1. The molecule has 1 heterocycles. The first-order chi connectivity index (χ1) is 25.7. The number of ketones is 1. The van der Waals surface area contributed by atoms with Gasteiger partial charge >= 0.3 is 11.8 Å². The molecule has 0 spiro atoms. The Balaban J connectivity index is 1.13. The van der Waals surface area contributed by atoms with Crippen LogP contribution in [0.2, 0.25) is 5.02 Å². The van der Waals surface area contributed by atoms with Crippen molar-refractivity contribution in [3.63, 3.8) is 0 Å². The number of hydrogen-bond acceptors (Lipinski definition) is 7. The number of anilines is 1. The molecule has 54 heavy (non-hydrogen) atoms. The molecule has 11 nitrogen and oxygen atoms in total. The molecular formula is C42H49ClN4O7. The summed E-state index contributed by atoms with van der Waals surface area (Å²) in [6, 6.07) is 17.0. The van der Waals surface area contributed by atoms with Crippen molar-refractivity contribution in [2.45, 2.75) is 97.1 Å². The summed E-state index contributed by atoms with van der Waals surface area (Å²) < 4.78 is 10.5. The molecule has 2 aliphatic rings. The Kier molecular flexibility index (Phi) is 12.0. The molecule has 1 atom stereocenters. The fourth-order valence-electron chi connectivity index (χ4n) is 7.29. The third kappa shape index (κ3) is 9.99. The van der Waals surface area contributed by atoms with Gasteiger partial charge in [0.05, 0.1) is 10.5 Å². The van der Waals surface area contributed by atoms with Crippen LogP contribution < -0.4 is 21.7 Å². The zero-order valence-corrected chi connectivity index (χ0v) is 32.1. The fraction of sp³-hybridized carbons (Fsp3) is 0.452. The molecule has 286 valence electrons. The third-order valence-corrected chi connectivity index (χ3v) is 10.8. The number of aromatic nitrogens is 1. The van der Waals surface area contributed by atoms with E-state index in [0.717, 1.165) is 54.4 Å². The number of amides is 3. The van der Waals surface area contributed by atoms with E-state index in [4.69, 9.17) is 20.8 Å². The topological polar surface area (TPSA) is 160 Å². The predicted octanol–water partition coefficient (Wildman–Crippen LogP) is 8.12. The molecule has 2 aliphatic carbocycles. The second-order valence-electron chi connectivity index (χ2n) is 15.8. The highest BCUT2D eigenvalue weighted by Gasteiger charge is 2.31. The van der Waals surface area contributed by atoms with Gasteiger partial charge in [0.25, 0.3) is 5.91 Å². The minimum Gasteiger partial charge on any atom is -0.444 e. The van der Waals surface area contributed by atoms with Crippen molar-refractivity contribution in [2.75, 3.05) is 11.9 Å². The number of fused-ring (bicyclic) bond motifs is 1. The lowest BCUT2D eigenvalue weighted by molar-refractivity contribution is -0.129. The van der Waals surface area contributed by atoms with Gasteiger partial charge in [0.15, 0.2) is 5.58 Å². The first-order valence-electron chi connectivity index (χ1n) is 18.8. The molecule has 2 fully saturated rings. The van der Waals surface area contributed by atoms with Crippen LogP contribution in [-0.2, 0) is 20.7 Å². The summed E-state index contributed by atoms with van der Waals surface area (Å²) in [7, 11) is 0. The molecule has 3 amide bonds. The number of oxazole rings is 1. The normalized spacial score (nSPS) is 18.0. The average Bonchev–Trinajstić information content (AvgIpc) is 3.49. The maximum absolute atomic E-state index is 13.9. The van der Waals surface area contributed by atoms with Gasteiger partial charge in [-0.25, -0.2) is 9.59 Å². The van der Waals surface area contributed by atoms with E-state index < -0.39 is 23.4 Å². The fourth-order valence-corrected chi connectivity index (χ4v) is 7.55. The van der Waals surface area contributed by atoms with Crippen molar-refractivity contribution < 1.29 is 28.3 Å². The third-order valence-electron chi connectivity index (χ3n) is 10.5. The van der Waals surface area contributed by atoms with Crippen LogP contribution >= 0.6 is 11.6 Å². The number of carbonyl (C=O) groups is 4. The van der Waals surface area contributed by atoms with Gasteiger partial charge in [-0.1, -0.05) is 41.9 Å². The number of aryl methyl sites for hydroxylation is 1. The van der Waals surface area contributed by atoms with Crippen molar-refractivity contribution in [1.82, 2.24) is 15.6 Å². The lowest BCUT2D eigenvalue weighted by Crippen LogP contribution is -2.39.